The minimum atomic E-state index is -2.76. The molecule has 0 aromatic heterocycles. The van der Waals surface area contributed by atoms with Gasteiger partial charge in [0, 0.05) is 24.1 Å². The van der Waals surface area contributed by atoms with E-state index in [4.69, 9.17) is 10.5 Å². The van der Waals surface area contributed by atoms with Crippen LogP contribution in [0.15, 0.2) is 18.2 Å². The van der Waals surface area contributed by atoms with Gasteiger partial charge in [0.05, 0.1) is 0 Å². The van der Waals surface area contributed by atoms with Gasteiger partial charge in [0.2, 0.25) is 5.92 Å². The molecule has 1 aromatic carbocycles. The molecular formula is C17H23F3N2O2. The highest BCUT2D eigenvalue weighted by atomic mass is 19.3. The second kappa shape index (κ2) is 6.27. The van der Waals surface area contributed by atoms with Crippen molar-refractivity contribution in [3.05, 3.63) is 29.6 Å². The van der Waals surface area contributed by atoms with Crippen LogP contribution in [0.4, 0.5) is 23.7 Å². The predicted molar refractivity (Wildman–Crippen MR) is 85.5 cm³/mol. The Bertz CT molecular complexity index is 617. The summed E-state index contributed by atoms with van der Waals surface area (Å²) >= 11 is 0. The van der Waals surface area contributed by atoms with Crippen molar-refractivity contribution in [3.63, 3.8) is 0 Å². The summed E-state index contributed by atoms with van der Waals surface area (Å²) in [5.74, 6) is -3.29. The highest BCUT2D eigenvalue weighted by molar-refractivity contribution is 5.86. The van der Waals surface area contributed by atoms with Crippen LogP contribution in [-0.2, 0) is 10.3 Å². The molecule has 1 aliphatic carbocycles. The molecule has 1 aliphatic rings. The molecule has 4 nitrogen and oxygen atoms in total. The van der Waals surface area contributed by atoms with Crippen LogP contribution in [0.25, 0.3) is 0 Å². The topological polar surface area (TPSA) is 64.3 Å². The first kappa shape index (κ1) is 18.6. The first-order valence-electron chi connectivity index (χ1n) is 7.87. The SMILES string of the molecule is CC(C)(C)OC(=O)Nc1ccc(F)cc1C1(N)CCC(F)(F)CC1. The van der Waals surface area contributed by atoms with Crippen LogP contribution >= 0.6 is 0 Å². The van der Waals surface area contributed by atoms with Crippen LogP contribution in [-0.4, -0.2) is 17.6 Å². The molecule has 1 fully saturated rings. The predicted octanol–water partition coefficient (Wildman–Crippen LogP) is 4.54. The molecule has 0 radical (unpaired) electrons. The van der Waals surface area contributed by atoms with Crippen LogP contribution in [0, 0.1) is 5.82 Å². The summed E-state index contributed by atoms with van der Waals surface area (Å²) in [5, 5.41) is 2.54. The fourth-order valence-electron chi connectivity index (χ4n) is 2.78. The molecule has 134 valence electrons. The second-order valence-electron chi connectivity index (χ2n) is 7.33. The molecule has 0 atom stereocenters. The zero-order valence-electron chi connectivity index (χ0n) is 14.1. The zero-order chi connectivity index (χ0) is 18.2. The fraction of sp³-hybridized carbons (Fsp3) is 0.588. The Hall–Kier alpha value is -1.76. The number of rotatable bonds is 2. The lowest BCUT2D eigenvalue weighted by molar-refractivity contribution is -0.0513. The quantitative estimate of drug-likeness (QED) is 0.828. The van der Waals surface area contributed by atoms with Crippen LogP contribution < -0.4 is 11.1 Å². The van der Waals surface area contributed by atoms with Crippen molar-refractivity contribution in [1.29, 1.82) is 0 Å². The van der Waals surface area contributed by atoms with Crippen LogP contribution in [0.2, 0.25) is 0 Å². The summed E-state index contributed by atoms with van der Waals surface area (Å²) in [4.78, 5) is 12.0. The number of hydrogen-bond acceptors (Lipinski definition) is 3. The molecule has 24 heavy (non-hydrogen) atoms. The van der Waals surface area contributed by atoms with E-state index in [1.165, 1.54) is 18.2 Å². The van der Waals surface area contributed by atoms with Crippen molar-refractivity contribution in [2.45, 2.75) is 63.5 Å². The summed E-state index contributed by atoms with van der Waals surface area (Å²) in [6.07, 6.45) is -1.43. The number of nitrogens with one attached hydrogen (secondary N) is 1. The maximum atomic E-state index is 13.7. The molecule has 0 saturated heterocycles. The van der Waals surface area contributed by atoms with Crippen molar-refractivity contribution in [3.8, 4) is 0 Å². The molecule has 1 saturated carbocycles. The van der Waals surface area contributed by atoms with Gasteiger partial charge in [-0.2, -0.15) is 0 Å². The minimum Gasteiger partial charge on any atom is -0.444 e. The number of ether oxygens (including phenoxy) is 1. The Morgan fingerprint density at radius 1 is 1.21 bits per heavy atom. The lowest BCUT2D eigenvalue weighted by Gasteiger charge is -2.38. The van der Waals surface area contributed by atoms with E-state index in [0.29, 0.717) is 5.56 Å². The van der Waals surface area contributed by atoms with E-state index in [1.54, 1.807) is 20.8 Å². The van der Waals surface area contributed by atoms with Crippen molar-refractivity contribution in [2.75, 3.05) is 5.32 Å². The van der Waals surface area contributed by atoms with E-state index in [0.717, 1.165) is 0 Å². The van der Waals surface area contributed by atoms with Gasteiger partial charge in [-0.25, -0.2) is 18.0 Å². The molecule has 1 amide bonds. The number of benzene rings is 1. The Morgan fingerprint density at radius 2 is 1.79 bits per heavy atom. The van der Waals surface area contributed by atoms with Gasteiger partial charge in [-0.05, 0) is 57.4 Å². The molecule has 0 unspecified atom stereocenters. The fourth-order valence-corrected chi connectivity index (χ4v) is 2.78. The van der Waals surface area contributed by atoms with Crippen LogP contribution in [0.1, 0.15) is 52.0 Å². The number of hydrogen-bond donors (Lipinski definition) is 2. The molecule has 2 rings (SSSR count). The van der Waals surface area contributed by atoms with Crippen LogP contribution in [0.3, 0.4) is 0 Å². The summed E-state index contributed by atoms with van der Waals surface area (Å²) in [7, 11) is 0. The Labute approximate surface area is 139 Å². The van der Waals surface area contributed by atoms with E-state index in [1.807, 2.05) is 0 Å². The maximum absolute atomic E-state index is 13.7. The number of alkyl halides is 2. The molecule has 7 heteroatoms. The van der Waals surface area contributed by atoms with E-state index >= 15 is 0 Å². The zero-order valence-corrected chi connectivity index (χ0v) is 14.1. The van der Waals surface area contributed by atoms with Gasteiger partial charge in [-0.1, -0.05) is 0 Å². The van der Waals surface area contributed by atoms with E-state index in [9.17, 15) is 18.0 Å². The average Bonchev–Trinajstić information content (AvgIpc) is 2.42. The van der Waals surface area contributed by atoms with Gasteiger partial charge in [-0.15, -0.1) is 0 Å². The number of amides is 1. The van der Waals surface area contributed by atoms with Gasteiger partial charge in [0.1, 0.15) is 11.4 Å². The third kappa shape index (κ3) is 4.63. The van der Waals surface area contributed by atoms with Gasteiger partial charge < -0.3 is 10.5 Å². The Balaban J connectivity index is 2.27. The maximum Gasteiger partial charge on any atom is 0.412 e. The number of halogens is 3. The number of anilines is 1. The summed E-state index contributed by atoms with van der Waals surface area (Å²) in [6.45, 7) is 5.14. The monoisotopic (exact) mass is 344 g/mol. The van der Waals surface area contributed by atoms with Gasteiger partial charge in [-0.3, -0.25) is 5.32 Å². The number of carbonyl (C=O) groups excluding carboxylic acids is 1. The number of nitrogens with two attached hydrogens (primary N) is 1. The van der Waals surface area contributed by atoms with E-state index in [2.05, 4.69) is 5.32 Å². The first-order chi connectivity index (χ1) is 10.9. The number of carbonyl (C=O) groups is 1. The molecule has 0 spiro atoms. The van der Waals surface area contributed by atoms with Crippen molar-refractivity contribution < 1.29 is 22.7 Å². The van der Waals surface area contributed by atoms with Gasteiger partial charge in [0.25, 0.3) is 0 Å². The normalized spacial score (nSPS) is 19.6. The standard InChI is InChI=1S/C17H23F3N2O2/c1-15(2,3)24-14(23)22-13-5-4-11(18)10-12(13)16(21)6-8-17(19,20)9-7-16/h4-5,10H,6-9,21H2,1-3H3,(H,22,23). The lowest BCUT2D eigenvalue weighted by Crippen LogP contribution is -2.44. The molecular weight excluding hydrogens is 321 g/mol. The molecule has 0 bridgehead atoms. The smallest absolute Gasteiger partial charge is 0.412 e. The minimum absolute atomic E-state index is 0.00640. The Morgan fingerprint density at radius 3 is 2.33 bits per heavy atom. The molecule has 3 N–H and O–H groups in total. The van der Waals surface area contributed by atoms with Crippen molar-refractivity contribution >= 4 is 11.8 Å². The molecule has 1 aromatic rings. The summed E-state index contributed by atoms with van der Waals surface area (Å²) in [6, 6.07) is 3.74. The summed E-state index contributed by atoms with van der Waals surface area (Å²) in [5.41, 5.74) is 5.05. The van der Waals surface area contributed by atoms with Gasteiger partial charge in [0.15, 0.2) is 0 Å². The highest BCUT2D eigenvalue weighted by Gasteiger charge is 2.43. The molecule has 0 aliphatic heterocycles. The average molecular weight is 344 g/mol. The Kier molecular flexibility index (Phi) is 4.86. The largest absolute Gasteiger partial charge is 0.444 e. The second-order valence-corrected chi connectivity index (χ2v) is 7.33. The lowest BCUT2D eigenvalue weighted by atomic mass is 9.75. The van der Waals surface area contributed by atoms with E-state index in [-0.39, 0.29) is 31.4 Å². The third-order valence-corrected chi connectivity index (χ3v) is 4.03. The molecule has 0 heterocycles. The first-order valence-corrected chi connectivity index (χ1v) is 7.87. The third-order valence-electron chi connectivity index (χ3n) is 4.03. The van der Waals surface area contributed by atoms with Crippen molar-refractivity contribution in [2.24, 2.45) is 5.73 Å². The van der Waals surface area contributed by atoms with Crippen molar-refractivity contribution in [1.82, 2.24) is 0 Å². The van der Waals surface area contributed by atoms with Gasteiger partial charge >= 0.3 is 6.09 Å². The summed E-state index contributed by atoms with van der Waals surface area (Å²) < 4.78 is 45.7. The van der Waals surface area contributed by atoms with E-state index < -0.39 is 29.0 Å². The van der Waals surface area contributed by atoms with Crippen LogP contribution in [0.5, 0.6) is 0 Å². The highest BCUT2D eigenvalue weighted by Crippen LogP contribution is 2.44.